The Morgan fingerprint density at radius 3 is 2.29 bits per heavy atom. The van der Waals surface area contributed by atoms with Crippen molar-refractivity contribution in [3.8, 4) is 11.5 Å². The molecule has 1 aromatic rings. The number of benzene rings is 1. The summed E-state index contributed by atoms with van der Waals surface area (Å²) >= 11 is 0. The summed E-state index contributed by atoms with van der Waals surface area (Å²) in [5.41, 5.74) is 2.57. The number of nitrogens with one attached hydrogen (secondary N) is 4. The molecule has 0 saturated carbocycles. The Bertz CT molecular complexity index is 588. The van der Waals surface area contributed by atoms with Crippen LogP contribution in [0.4, 0.5) is 10.5 Å². The second-order valence-corrected chi connectivity index (χ2v) is 4.99. The van der Waals surface area contributed by atoms with E-state index in [1.807, 2.05) is 33.8 Å². The standard InChI is InChI=1S/C17H28N4O3/c1-6-11-10-13(23-8-3)15(24-9-4)12(7-2)14(11)20-17(22)21-16(18)19-5/h10H,6-9H2,1-5H3,(H4,18,19,20,21,22). The van der Waals surface area contributed by atoms with Gasteiger partial charge in [0.15, 0.2) is 17.5 Å². The van der Waals surface area contributed by atoms with Crippen molar-refractivity contribution in [3.05, 3.63) is 17.2 Å². The molecule has 0 unspecified atom stereocenters. The second kappa shape index (κ2) is 9.64. The molecule has 0 fully saturated rings. The van der Waals surface area contributed by atoms with Crippen LogP contribution in [-0.2, 0) is 12.8 Å². The number of urea groups is 1. The largest absolute Gasteiger partial charge is 0.490 e. The van der Waals surface area contributed by atoms with Crippen molar-refractivity contribution in [1.82, 2.24) is 10.6 Å². The Balaban J connectivity index is 3.32. The lowest BCUT2D eigenvalue weighted by molar-refractivity contribution is 0.255. The van der Waals surface area contributed by atoms with Crippen molar-refractivity contribution in [2.24, 2.45) is 0 Å². The first-order valence-electron chi connectivity index (χ1n) is 8.30. The summed E-state index contributed by atoms with van der Waals surface area (Å²) in [5, 5.41) is 15.3. The third-order valence-corrected chi connectivity index (χ3v) is 3.48. The molecule has 0 atom stereocenters. The summed E-state index contributed by atoms with van der Waals surface area (Å²) in [5.74, 6) is 1.29. The van der Waals surface area contributed by atoms with Crippen LogP contribution >= 0.6 is 0 Å². The van der Waals surface area contributed by atoms with E-state index in [0.717, 1.165) is 17.5 Å². The normalized spacial score (nSPS) is 10.0. The number of ether oxygens (including phenoxy) is 2. The molecular weight excluding hydrogens is 308 g/mol. The highest BCUT2D eigenvalue weighted by atomic mass is 16.5. The number of guanidine groups is 1. The molecule has 0 spiro atoms. The van der Waals surface area contributed by atoms with Crippen LogP contribution < -0.4 is 25.4 Å². The number of amides is 2. The van der Waals surface area contributed by atoms with Crippen LogP contribution in [-0.4, -0.2) is 32.3 Å². The minimum absolute atomic E-state index is 0.0698. The van der Waals surface area contributed by atoms with Gasteiger partial charge < -0.3 is 20.1 Å². The van der Waals surface area contributed by atoms with E-state index in [1.54, 1.807) is 7.05 Å². The molecule has 2 amide bonds. The quantitative estimate of drug-likeness (QED) is 0.455. The zero-order chi connectivity index (χ0) is 18.1. The molecule has 7 nitrogen and oxygen atoms in total. The summed E-state index contributed by atoms with van der Waals surface area (Å²) < 4.78 is 11.5. The number of hydrogen-bond donors (Lipinski definition) is 4. The molecule has 7 heteroatoms. The molecule has 0 radical (unpaired) electrons. The Kier molecular flexibility index (Phi) is 7.88. The number of anilines is 1. The first kappa shape index (κ1) is 19.6. The lowest BCUT2D eigenvalue weighted by Gasteiger charge is -2.21. The number of rotatable bonds is 7. The van der Waals surface area contributed by atoms with Crippen LogP contribution in [0.3, 0.4) is 0 Å². The molecular formula is C17H28N4O3. The summed E-state index contributed by atoms with van der Waals surface area (Å²) in [6.07, 6.45) is 1.42. The maximum atomic E-state index is 12.1. The van der Waals surface area contributed by atoms with Crippen molar-refractivity contribution in [3.63, 3.8) is 0 Å². The van der Waals surface area contributed by atoms with Crippen LogP contribution in [0.5, 0.6) is 11.5 Å². The van der Waals surface area contributed by atoms with E-state index in [-0.39, 0.29) is 5.96 Å². The van der Waals surface area contributed by atoms with Gasteiger partial charge in [-0.1, -0.05) is 13.8 Å². The van der Waals surface area contributed by atoms with Crippen molar-refractivity contribution in [2.75, 3.05) is 25.6 Å². The predicted molar refractivity (Wildman–Crippen MR) is 96.5 cm³/mol. The van der Waals surface area contributed by atoms with E-state index in [4.69, 9.17) is 14.9 Å². The summed E-state index contributed by atoms with van der Waals surface area (Å²) in [4.78, 5) is 12.1. The number of aryl methyl sites for hydroxylation is 1. The van der Waals surface area contributed by atoms with Crippen LogP contribution in [0, 0.1) is 5.41 Å². The van der Waals surface area contributed by atoms with E-state index >= 15 is 0 Å². The molecule has 1 rings (SSSR count). The van der Waals surface area contributed by atoms with Crippen molar-refractivity contribution in [1.29, 1.82) is 5.41 Å². The number of hydrogen-bond acceptors (Lipinski definition) is 4. The SMILES string of the molecule is CCOc1cc(CC)c(NC(=O)NC(=N)NC)c(CC)c1OCC. The molecule has 0 saturated heterocycles. The zero-order valence-electron chi connectivity index (χ0n) is 15.1. The molecule has 0 bridgehead atoms. The maximum absolute atomic E-state index is 12.1. The van der Waals surface area contributed by atoms with Crippen molar-refractivity contribution in [2.45, 2.75) is 40.5 Å². The molecule has 0 aliphatic carbocycles. The van der Waals surface area contributed by atoms with Gasteiger partial charge in [-0.05, 0) is 38.3 Å². The number of carbonyl (C=O) groups is 1. The predicted octanol–water partition coefficient (Wildman–Crippen LogP) is 2.88. The minimum atomic E-state index is -0.467. The Morgan fingerprint density at radius 2 is 1.79 bits per heavy atom. The van der Waals surface area contributed by atoms with Gasteiger partial charge in [0.25, 0.3) is 0 Å². The Labute approximate surface area is 143 Å². The highest BCUT2D eigenvalue weighted by Crippen LogP contribution is 2.40. The molecule has 0 aromatic heterocycles. The average molecular weight is 336 g/mol. The van der Waals surface area contributed by atoms with Gasteiger partial charge in [0.1, 0.15) is 0 Å². The molecule has 0 aliphatic rings. The lowest BCUT2D eigenvalue weighted by atomic mass is 10.0. The smallest absolute Gasteiger partial charge is 0.326 e. The highest BCUT2D eigenvalue weighted by Gasteiger charge is 2.20. The van der Waals surface area contributed by atoms with E-state index in [0.29, 0.717) is 36.8 Å². The van der Waals surface area contributed by atoms with Crippen molar-refractivity contribution >= 4 is 17.7 Å². The summed E-state index contributed by atoms with van der Waals surface area (Å²) in [6.45, 7) is 8.91. The lowest BCUT2D eigenvalue weighted by Crippen LogP contribution is -2.40. The highest BCUT2D eigenvalue weighted by molar-refractivity contribution is 6.02. The second-order valence-electron chi connectivity index (χ2n) is 4.99. The van der Waals surface area contributed by atoms with E-state index in [9.17, 15) is 4.79 Å². The fourth-order valence-electron chi connectivity index (χ4n) is 2.41. The molecule has 0 heterocycles. The third kappa shape index (κ3) is 4.78. The fraction of sp³-hybridized carbons (Fsp3) is 0.529. The van der Waals surface area contributed by atoms with Crippen LogP contribution in [0.15, 0.2) is 6.07 Å². The van der Waals surface area contributed by atoms with Gasteiger partial charge in [-0.2, -0.15) is 0 Å². The topological polar surface area (TPSA) is 95.5 Å². The molecule has 0 aliphatic heterocycles. The van der Waals surface area contributed by atoms with Crippen molar-refractivity contribution < 1.29 is 14.3 Å². The van der Waals surface area contributed by atoms with E-state index in [1.165, 1.54) is 0 Å². The maximum Gasteiger partial charge on any atom is 0.326 e. The van der Waals surface area contributed by atoms with Gasteiger partial charge in [-0.3, -0.25) is 10.7 Å². The Morgan fingerprint density at radius 1 is 1.12 bits per heavy atom. The van der Waals surface area contributed by atoms with Gasteiger partial charge in [-0.15, -0.1) is 0 Å². The van der Waals surface area contributed by atoms with Crippen LogP contribution in [0.25, 0.3) is 0 Å². The monoisotopic (exact) mass is 336 g/mol. The van der Waals surface area contributed by atoms with E-state index in [2.05, 4.69) is 16.0 Å². The van der Waals surface area contributed by atoms with Gasteiger partial charge in [0.05, 0.1) is 18.9 Å². The first-order chi connectivity index (χ1) is 11.5. The van der Waals surface area contributed by atoms with Gasteiger partial charge >= 0.3 is 6.03 Å². The Hall–Kier alpha value is -2.44. The minimum Gasteiger partial charge on any atom is -0.490 e. The summed E-state index contributed by atoms with van der Waals surface area (Å²) in [6, 6.07) is 1.44. The van der Waals surface area contributed by atoms with Gasteiger partial charge in [0, 0.05) is 12.6 Å². The van der Waals surface area contributed by atoms with Gasteiger partial charge in [-0.25, -0.2) is 4.79 Å². The van der Waals surface area contributed by atoms with E-state index < -0.39 is 6.03 Å². The molecule has 134 valence electrons. The molecule has 1 aromatic carbocycles. The van der Waals surface area contributed by atoms with Crippen LogP contribution in [0.1, 0.15) is 38.8 Å². The third-order valence-electron chi connectivity index (χ3n) is 3.48. The molecule has 4 N–H and O–H groups in total. The van der Waals surface area contributed by atoms with Crippen LogP contribution in [0.2, 0.25) is 0 Å². The fourth-order valence-corrected chi connectivity index (χ4v) is 2.41. The first-order valence-corrected chi connectivity index (χ1v) is 8.30. The average Bonchev–Trinajstić information content (AvgIpc) is 2.57. The summed E-state index contributed by atoms with van der Waals surface area (Å²) in [7, 11) is 1.57. The number of carbonyl (C=O) groups excluding carboxylic acids is 1. The zero-order valence-corrected chi connectivity index (χ0v) is 15.1. The van der Waals surface area contributed by atoms with Gasteiger partial charge in [0.2, 0.25) is 0 Å². The molecule has 24 heavy (non-hydrogen) atoms.